The quantitative estimate of drug-likeness (QED) is 0.925. The van der Waals surface area contributed by atoms with Crippen LogP contribution in [-0.2, 0) is 5.41 Å². The fourth-order valence-electron chi connectivity index (χ4n) is 2.46. The highest BCUT2D eigenvalue weighted by atomic mass is 79.9. The van der Waals surface area contributed by atoms with Gasteiger partial charge in [0, 0.05) is 22.0 Å². The predicted octanol–water partition coefficient (Wildman–Crippen LogP) is 3.06. The van der Waals surface area contributed by atoms with E-state index in [1.54, 1.807) is 7.11 Å². The predicted molar refractivity (Wildman–Crippen MR) is 70.1 cm³/mol. The summed E-state index contributed by atoms with van der Waals surface area (Å²) in [5.41, 5.74) is 9.85. The van der Waals surface area contributed by atoms with Crippen LogP contribution in [0.25, 0.3) is 0 Å². The van der Waals surface area contributed by atoms with E-state index in [-0.39, 0.29) is 5.41 Å². The molecule has 1 aliphatic rings. The Hall–Kier alpha value is -0.540. The molecule has 0 amide bonds. The minimum absolute atomic E-state index is 0.171. The van der Waals surface area contributed by atoms with Gasteiger partial charge in [-0.1, -0.05) is 15.9 Å². The first-order valence-corrected chi connectivity index (χ1v) is 6.39. The lowest BCUT2D eigenvalue weighted by Crippen LogP contribution is -2.22. The number of halogens is 1. The van der Waals surface area contributed by atoms with Gasteiger partial charge in [0.05, 0.1) is 7.11 Å². The highest BCUT2D eigenvalue weighted by molar-refractivity contribution is 9.10. The number of methoxy groups -OCH3 is 1. The molecule has 0 spiro atoms. The number of hydrogen-bond donors (Lipinski definition) is 1. The van der Waals surface area contributed by atoms with Gasteiger partial charge in [-0.2, -0.15) is 0 Å². The maximum atomic E-state index is 5.92. The average molecular weight is 284 g/mol. The van der Waals surface area contributed by atoms with Gasteiger partial charge in [0.15, 0.2) is 0 Å². The zero-order valence-electron chi connectivity index (χ0n) is 10.1. The molecule has 1 fully saturated rings. The van der Waals surface area contributed by atoms with Crippen molar-refractivity contribution < 1.29 is 4.74 Å². The Morgan fingerprint density at radius 2 is 2.06 bits per heavy atom. The van der Waals surface area contributed by atoms with Crippen LogP contribution >= 0.6 is 15.9 Å². The molecule has 16 heavy (non-hydrogen) atoms. The van der Waals surface area contributed by atoms with Gasteiger partial charge in [-0.05, 0) is 43.9 Å². The van der Waals surface area contributed by atoms with Crippen molar-refractivity contribution in [2.24, 2.45) is 5.73 Å². The van der Waals surface area contributed by atoms with E-state index >= 15 is 0 Å². The standard InChI is InChI=1S/C13H18BrNO/c1-8-6-10(14)9(2)11(12(8)16-3)13(7-15)4-5-13/h6H,4-5,7,15H2,1-3H3. The lowest BCUT2D eigenvalue weighted by molar-refractivity contribution is 0.400. The van der Waals surface area contributed by atoms with Gasteiger partial charge < -0.3 is 10.5 Å². The zero-order chi connectivity index (χ0) is 11.9. The molecule has 0 saturated heterocycles. The van der Waals surface area contributed by atoms with Gasteiger partial charge in [-0.25, -0.2) is 0 Å². The highest BCUT2D eigenvalue weighted by Crippen LogP contribution is 2.53. The van der Waals surface area contributed by atoms with Crippen LogP contribution < -0.4 is 10.5 Å². The summed E-state index contributed by atoms with van der Waals surface area (Å²) in [6, 6.07) is 2.12. The molecule has 1 aromatic carbocycles. The summed E-state index contributed by atoms with van der Waals surface area (Å²) < 4.78 is 6.72. The molecular weight excluding hydrogens is 266 g/mol. The van der Waals surface area contributed by atoms with Gasteiger partial charge in [-0.15, -0.1) is 0 Å². The minimum Gasteiger partial charge on any atom is -0.496 e. The Labute approximate surface area is 105 Å². The topological polar surface area (TPSA) is 35.2 Å². The second-order valence-electron chi connectivity index (χ2n) is 4.69. The van der Waals surface area contributed by atoms with Gasteiger partial charge >= 0.3 is 0 Å². The molecule has 3 heteroatoms. The number of nitrogens with two attached hydrogens (primary N) is 1. The second kappa shape index (κ2) is 4.04. The van der Waals surface area contributed by atoms with E-state index in [1.807, 2.05) is 0 Å². The highest BCUT2D eigenvalue weighted by Gasteiger charge is 2.46. The van der Waals surface area contributed by atoms with Gasteiger partial charge in [-0.3, -0.25) is 0 Å². The van der Waals surface area contributed by atoms with Crippen molar-refractivity contribution in [3.63, 3.8) is 0 Å². The van der Waals surface area contributed by atoms with Crippen LogP contribution in [0.4, 0.5) is 0 Å². The Bertz CT molecular complexity index is 424. The maximum Gasteiger partial charge on any atom is 0.125 e. The van der Waals surface area contributed by atoms with Crippen LogP contribution in [0.3, 0.4) is 0 Å². The minimum atomic E-state index is 0.171. The van der Waals surface area contributed by atoms with Crippen LogP contribution in [0.1, 0.15) is 29.5 Å². The maximum absolute atomic E-state index is 5.92. The van der Waals surface area contributed by atoms with E-state index in [0.29, 0.717) is 6.54 Å². The molecule has 0 unspecified atom stereocenters. The molecule has 1 aliphatic carbocycles. The molecule has 0 aromatic heterocycles. The molecule has 88 valence electrons. The Kier molecular flexibility index (Phi) is 3.01. The van der Waals surface area contributed by atoms with Gasteiger partial charge in [0.1, 0.15) is 5.75 Å². The summed E-state index contributed by atoms with van der Waals surface area (Å²) in [7, 11) is 1.74. The number of hydrogen-bond acceptors (Lipinski definition) is 2. The molecule has 1 saturated carbocycles. The van der Waals surface area contributed by atoms with Crippen molar-refractivity contribution in [3.8, 4) is 5.75 Å². The fourth-order valence-corrected chi connectivity index (χ4v) is 3.00. The van der Waals surface area contributed by atoms with Crippen molar-refractivity contribution in [2.45, 2.75) is 32.1 Å². The van der Waals surface area contributed by atoms with E-state index in [4.69, 9.17) is 10.5 Å². The van der Waals surface area contributed by atoms with E-state index in [2.05, 4.69) is 35.8 Å². The average Bonchev–Trinajstić information content (AvgIpc) is 3.03. The van der Waals surface area contributed by atoms with Crippen molar-refractivity contribution in [1.82, 2.24) is 0 Å². The third kappa shape index (κ3) is 1.66. The molecule has 0 atom stereocenters. The van der Waals surface area contributed by atoms with Crippen LogP contribution in [0, 0.1) is 13.8 Å². The Morgan fingerprint density at radius 3 is 2.50 bits per heavy atom. The first-order valence-electron chi connectivity index (χ1n) is 5.60. The monoisotopic (exact) mass is 283 g/mol. The molecule has 2 nitrogen and oxygen atoms in total. The normalized spacial score (nSPS) is 17.3. The molecule has 1 aromatic rings. The third-order valence-electron chi connectivity index (χ3n) is 3.64. The Morgan fingerprint density at radius 1 is 1.44 bits per heavy atom. The molecule has 0 radical (unpaired) electrons. The molecule has 0 heterocycles. The fraction of sp³-hybridized carbons (Fsp3) is 0.538. The first-order chi connectivity index (χ1) is 7.55. The number of aryl methyl sites for hydroxylation is 1. The smallest absolute Gasteiger partial charge is 0.125 e. The van der Waals surface area contributed by atoms with Crippen molar-refractivity contribution in [1.29, 1.82) is 0 Å². The van der Waals surface area contributed by atoms with Crippen molar-refractivity contribution >= 4 is 15.9 Å². The molecule has 0 aliphatic heterocycles. The third-order valence-corrected chi connectivity index (χ3v) is 4.46. The van der Waals surface area contributed by atoms with Gasteiger partial charge in [0.25, 0.3) is 0 Å². The van der Waals surface area contributed by atoms with Crippen LogP contribution in [0.15, 0.2) is 10.5 Å². The summed E-state index contributed by atoms with van der Waals surface area (Å²) in [6.07, 6.45) is 2.35. The summed E-state index contributed by atoms with van der Waals surface area (Å²) in [6.45, 7) is 4.93. The van der Waals surface area contributed by atoms with E-state index in [0.717, 1.165) is 10.2 Å². The molecule has 0 bridgehead atoms. The molecule has 2 N–H and O–H groups in total. The zero-order valence-corrected chi connectivity index (χ0v) is 11.6. The molecular formula is C13H18BrNO. The van der Waals surface area contributed by atoms with E-state index < -0.39 is 0 Å². The lowest BCUT2D eigenvalue weighted by Gasteiger charge is -2.22. The van der Waals surface area contributed by atoms with Crippen molar-refractivity contribution in [3.05, 3.63) is 27.2 Å². The van der Waals surface area contributed by atoms with E-state index in [9.17, 15) is 0 Å². The number of rotatable bonds is 3. The summed E-state index contributed by atoms with van der Waals surface area (Å²) in [5.74, 6) is 1.02. The van der Waals surface area contributed by atoms with Gasteiger partial charge in [0.2, 0.25) is 0 Å². The van der Waals surface area contributed by atoms with E-state index in [1.165, 1.54) is 29.5 Å². The van der Waals surface area contributed by atoms with Crippen LogP contribution in [0.5, 0.6) is 5.75 Å². The number of ether oxygens (including phenoxy) is 1. The van der Waals surface area contributed by atoms with Crippen molar-refractivity contribution in [2.75, 3.05) is 13.7 Å². The summed E-state index contributed by atoms with van der Waals surface area (Å²) in [4.78, 5) is 0. The largest absolute Gasteiger partial charge is 0.496 e. The SMILES string of the molecule is COc1c(C)cc(Br)c(C)c1C1(CN)CC1. The molecule has 2 rings (SSSR count). The first kappa shape index (κ1) is 11.9. The van der Waals surface area contributed by atoms with Crippen LogP contribution in [0.2, 0.25) is 0 Å². The second-order valence-corrected chi connectivity index (χ2v) is 5.55. The summed E-state index contributed by atoms with van der Waals surface area (Å²) in [5, 5.41) is 0. The Balaban J connectivity index is 2.66. The van der Waals surface area contributed by atoms with Crippen LogP contribution in [-0.4, -0.2) is 13.7 Å². The number of benzene rings is 1. The summed E-state index contributed by atoms with van der Waals surface area (Å²) >= 11 is 3.61. The lowest BCUT2D eigenvalue weighted by atomic mass is 9.89.